The van der Waals surface area contributed by atoms with Crippen LogP contribution in [-0.2, 0) is 5.33 Å². The first kappa shape index (κ1) is 13.1. The van der Waals surface area contributed by atoms with Crippen LogP contribution in [0.25, 0.3) is 16.9 Å². The SMILES string of the molecule is Cc1ccc(-c2cc(CBr)n(-c3ccccc3)n2)cc1. The number of alkyl halides is 1. The third-order valence-corrected chi connectivity index (χ3v) is 3.84. The van der Waals surface area contributed by atoms with Gasteiger partial charge in [0.2, 0.25) is 0 Å². The zero-order chi connectivity index (χ0) is 13.9. The van der Waals surface area contributed by atoms with Gasteiger partial charge in [-0.25, -0.2) is 4.68 Å². The molecule has 0 spiro atoms. The van der Waals surface area contributed by atoms with Crippen LogP contribution in [0.1, 0.15) is 11.3 Å². The van der Waals surface area contributed by atoms with Crippen molar-refractivity contribution in [1.29, 1.82) is 0 Å². The van der Waals surface area contributed by atoms with Crippen LogP contribution in [0.2, 0.25) is 0 Å². The van der Waals surface area contributed by atoms with E-state index in [0.717, 1.165) is 28.0 Å². The minimum Gasteiger partial charge on any atom is -0.236 e. The summed E-state index contributed by atoms with van der Waals surface area (Å²) in [6.07, 6.45) is 0. The number of aryl methyl sites for hydroxylation is 1. The number of aromatic nitrogens is 2. The number of para-hydroxylation sites is 1. The predicted octanol–water partition coefficient (Wildman–Crippen LogP) is 4.74. The fourth-order valence-electron chi connectivity index (χ4n) is 2.17. The molecule has 0 aliphatic carbocycles. The number of hydrogen-bond acceptors (Lipinski definition) is 1. The van der Waals surface area contributed by atoms with Gasteiger partial charge in [0, 0.05) is 10.9 Å². The highest BCUT2D eigenvalue weighted by Crippen LogP contribution is 2.23. The van der Waals surface area contributed by atoms with Crippen LogP contribution < -0.4 is 0 Å². The highest BCUT2D eigenvalue weighted by Gasteiger charge is 2.09. The van der Waals surface area contributed by atoms with Gasteiger partial charge in [-0.2, -0.15) is 5.10 Å². The fraction of sp³-hybridized carbons (Fsp3) is 0.118. The standard InChI is InChI=1S/C17H15BrN2/c1-13-7-9-14(10-8-13)17-11-16(12-18)20(19-17)15-5-3-2-4-6-15/h2-11H,12H2,1H3. The second kappa shape index (κ2) is 5.63. The van der Waals surface area contributed by atoms with Crippen molar-refractivity contribution in [2.24, 2.45) is 0 Å². The Labute approximate surface area is 127 Å². The van der Waals surface area contributed by atoms with E-state index in [1.54, 1.807) is 0 Å². The third-order valence-electron chi connectivity index (χ3n) is 3.27. The Balaban J connectivity index is 2.07. The van der Waals surface area contributed by atoms with Gasteiger partial charge in [0.25, 0.3) is 0 Å². The van der Waals surface area contributed by atoms with E-state index in [2.05, 4.69) is 65.3 Å². The number of rotatable bonds is 3. The minimum atomic E-state index is 0.779. The van der Waals surface area contributed by atoms with Gasteiger partial charge in [0.1, 0.15) is 0 Å². The molecule has 100 valence electrons. The normalized spacial score (nSPS) is 10.7. The van der Waals surface area contributed by atoms with E-state index in [1.165, 1.54) is 5.56 Å². The summed E-state index contributed by atoms with van der Waals surface area (Å²) in [4.78, 5) is 0. The Hall–Kier alpha value is -1.87. The van der Waals surface area contributed by atoms with Crippen molar-refractivity contribution in [3.63, 3.8) is 0 Å². The molecule has 0 bridgehead atoms. The fourth-order valence-corrected chi connectivity index (χ4v) is 2.57. The van der Waals surface area contributed by atoms with Crippen LogP contribution in [-0.4, -0.2) is 9.78 Å². The average molecular weight is 327 g/mol. The van der Waals surface area contributed by atoms with Crippen molar-refractivity contribution in [3.05, 3.63) is 71.9 Å². The van der Waals surface area contributed by atoms with Crippen LogP contribution >= 0.6 is 15.9 Å². The number of benzene rings is 2. The molecule has 0 saturated carbocycles. The maximum absolute atomic E-state index is 4.74. The summed E-state index contributed by atoms with van der Waals surface area (Å²) in [6.45, 7) is 2.09. The topological polar surface area (TPSA) is 17.8 Å². The molecule has 0 atom stereocenters. The van der Waals surface area contributed by atoms with Crippen LogP contribution in [0.4, 0.5) is 0 Å². The van der Waals surface area contributed by atoms with Gasteiger partial charge < -0.3 is 0 Å². The lowest BCUT2D eigenvalue weighted by atomic mass is 10.1. The Kier molecular flexibility index (Phi) is 3.70. The lowest BCUT2D eigenvalue weighted by Crippen LogP contribution is -1.99. The van der Waals surface area contributed by atoms with Crippen molar-refractivity contribution >= 4 is 15.9 Å². The van der Waals surface area contributed by atoms with Gasteiger partial charge in [0.05, 0.1) is 17.1 Å². The highest BCUT2D eigenvalue weighted by molar-refractivity contribution is 9.08. The van der Waals surface area contributed by atoms with Crippen molar-refractivity contribution in [2.45, 2.75) is 12.3 Å². The van der Waals surface area contributed by atoms with Crippen LogP contribution in [0.3, 0.4) is 0 Å². The van der Waals surface area contributed by atoms with E-state index in [-0.39, 0.29) is 0 Å². The molecule has 20 heavy (non-hydrogen) atoms. The average Bonchev–Trinajstić information content (AvgIpc) is 2.93. The minimum absolute atomic E-state index is 0.779. The Bertz CT molecular complexity index is 700. The van der Waals surface area contributed by atoms with Crippen LogP contribution in [0.15, 0.2) is 60.7 Å². The maximum Gasteiger partial charge on any atom is 0.0930 e. The summed E-state index contributed by atoms with van der Waals surface area (Å²) in [5.74, 6) is 0. The molecule has 0 amide bonds. The van der Waals surface area contributed by atoms with E-state index >= 15 is 0 Å². The van der Waals surface area contributed by atoms with Crippen molar-refractivity contribution in [2.75, 3.05) is 0 Å². The summed E-state index contributed by atoms with van der Waals surface area (Å²) >= 11 is 3.54. The molecule has 3 heteroatoms. The summed E-state index contributed by atoms with van der Waals surface area (Å²) in [6, 6.07) is 20.8. The van der Waals surface area contributed by atoms with Gasteiger partial charge >= 0.3 is 0 Å². The summed E-state index contributed by atoms with van der Waals surface area (Å²) in [7, 11) is 0. The smallest absolute Gasteiger partial charge is 0.0930 e. The second-order valence-electron chi connectivity index (χ2n) is 4.77. The molecule has 3 aromatic rings. The Morgan fingerprint density at radius 2 is 1.70 bits per heavy atom. The van der Waals surface area contributed by atoms with Crippen molar-refractivity contribution in [3.8, 4) is 16.9 Å². The molecule has 3 rings (SSSR count). The predicted molar refractivity (Wildman–Crippen MR) is 86.4 cm³/mol. The van der Waals surface area contributed by atoms with Crippen LogP contribution in [0, 0.1) is 6.92 Å². The highest BCUT2D eigenvalue weighted by atomic mass is 79.9. The van der Waals surface area contributed by atoms with Gasteiger partial charge in [-0.05, 0) is 25.1 Å². The molecule has 2 aromatic carbocycles. The number of nitrogens with zero attached hydrogens (tertiary/aromatic N) is 2. The van der Waals surface area contributed by atoms with E-state index < -0.39 is 0 Å². The summed E-state index contributed by atoms with van der Waals surface area (Å²) in [5, 5.41) is 5.52. The van der Waals surface area contributed by atoms with E-state index in [9.17, 15) is 0 Å². The number of hydrogen-bond donors (Lipinski definition) is 0. The summed E-state index contributed by atoms with van der Waals surface area (Å²) < 4.78 is 1.99. The quantitative estimate of drug-likeness (QED) is 0.635. The van der Waals surface area contributed by atoms with Gasteiger partial charge in [0.15, 0.2) is 0 Å². The van der Waals surface area contributed by atoms with Crippen molar-refractivity contribution < 1.29 is 0 Å². The zero-order valence-corrected chi connectivity index (χ0v) is 12.8. The molecule has 2 nitrogen and oxygen atoms in total. The summed E-state index contributed by atoms with van der Waals surface area (Å²) in [5.41, 5.74) is 5.64. The lowest BCUT2D eigenvalue weighted by Gasteiger charge is -2.04. The molecular weight excluding hydrogens is 312 g/mol. The maximum atomic E-state index is 4.74. The Morgan fingerprint density at radius 3 is 2.35 bits per heavy atom. The van der Waals surface area contributed by atoms with Crippen LogP contribution in [0.5, 0.6) is 0 Å². The molecule has 0 aliphatic rings. The molecule has 0 N–H and O–H groups in total. The monoisotopic (exact) mass is 326 g/mol. The second-order valence-corrected chi connectivity index (χ2v) is 5.33. The molecule has 1 aromatic heterocycles. The number of halogens is 1. The molecule has 0 radical (unpaired) electrons. The van der Waals surface area contributed by atoms with Gasteiger partial charge in [-0.3, -0.25) is 0 Å². The largest absolute Gasteiger partial charge is 0.236 e. The van der Waals surface area contributed by atoms with Gasteiger partial charge in [-0.1, -0.05) is 64.0 Å². The molecule has 1 heterocycles. The molecule has 0 aliphatic heterocycles. The van der Waals surface area contributed by atoms with E-state index in [0.29, 0.717) is 0 Å². The Morgan fingerprint density at radius 1 is 1.00 bits per heavy atom. The van der Waals surface area contributed by atoms with E-state index in [1.807, 2.05) is 22.9 Å². The first-order chi connectivity index (χ1) is 9.78. The third kappa shape index (κ3) is 2.54. The first-order valence-electron chi connectivity index (χ1n) is 6.55. The van der Waals surface area contributed by atoms with Gasteiger partial charge in [-0.15, -0.1) is 0 Å². The van der Waals surface area contributed by atoms with E-state index in [4.69, 9.17) is 5.10 Å². The van der Waals surface area contributed by atoms with Crippen molar-refractivity contribution in [1.82, 2.24) is 9.78 Å². The zero-order valence-electron chi connectivity index (χ0n) is 11.3. The first-order valence-corrected chi connectivity index (χ1v) is 7.67. The molecular formula is C17H15BrN2. The molecule has 0 saturated heterocycles. The molecule has 0 fully saturated rings. The lowest BCUT2D eigenvalue weighted by molar-refractivity contribution is 0.846. The molecule has 0 unspecified atom stereocenters.